The van der Waals surface area contributed by atoms with E-state index in [2.05, 4.69) is 4.72 Å². The average molecular weight is 370 g/mol. The molecule has 0 spiro atoms. The molecule has 5 nitrogen and oxygen atoms in total. The first-order valence-corrected chi connectivity index (χ1v) is 10.4. The molecule has 0 aromatic heterocycles. The number of aryl methyl sites for hydroxylation is 1. The van der Waals surface area contributed by atoms with Crippen LogP contribution in [-0.4, -0.2) is 20.4 Å². The fraction of sp³-hybridized carbons (Fsp3) is 0.350. The van der Waals surface area contributed by atoms with Gasteiger partial charge in [0.05, 0.1) is 10.6 Å². The minimum atomic E-state index is -3.67. The lowest BCUT2D eigenvalue weighted by Crippen LogP contribution is -2.36. The number of nitrogens with one attached hydrogen (secondary N) is 1. The van der Waals surface area contributed by atoms with Crippen molar-refractivity contribution in [3.63, 3.8) is 0 Å². The lowest BCUT2D eigenvalue weighted by Gasteiger charge is -2.22. The molecule has 4 rings (SSSR count). The highest BCUT2D eigenvalue weighted by Gasteiger charge is 2.39. The van der Waals surface area contributed by atoms with Crippen molar-refractivity contribution >= 4 is 27.3 Å². The smallest absolute Gasteiger partial charge is 0.261 e. The summed E-state index contributed by atoms with van der Waals surface area (Å²) in [6, 6.07) is 12.4. The summed E-state index contributed by atoms with van der Waals surface area (Å²) in [4.78, 5) is 14.6. The van der Waals surface area contributed by atoms with Gasteiger partial charge in [-0.3, -0.25) is 9.52 Å². The number of fused-ring (bicyclic) bond motifs is 1. The standard InChI is InChI=1S/C20H22N2O3S/c1-13-5-3-4-6-18(13)21-26(24,25)17-9-10-19-16(12-17)11-14(2)22(19)20(23)15-7-8-15/h3-6,9-10,12,14-15,21H,7-8,11H2,1-2H3. The zero-order valence-electron chi connectivity index (χ0n) is 14.9. The summed E-state index contributed by atoms with van der Waals surface area (Å²) in [5, 5.41) is 0. The first-order chi connectivity index (χ1) is 12.4. The van der Waals surface area contributed by atoms with E-state index in [1.54, 1.807) is 30.3 Å². The largest absolute Gasteiger partial charge is 0.309 e. The fourth-order valence-corrected chi connectivity index (χ4v) is 4.71. The number of amides is 1. The highest BCUT2D eigenvalue weighted by molar-refractivity contribution is 7.92. The van der Waals surface area contributed by atoms with Crippen LogP contribution in [0.15, 0.2) is 47.4 Å². The second-order valence-electron chi connectivity index (χ2n) is 7.25. The summed E-state index contributed by atoms with van der Waals surface area (Å²) < 4.78 is 28.2. The molecule has 1 saturated carbocycles. The summed E-state index contributed by atoms with van der Waals surface area (Å²) in [6.07, 6.45) is 2.61. The van der Waals surface area contributed by atoms with Crippen molar-refractivity contribution in [2.45, 2.75) is 44.0 Å². The van der Waals surface area contributed by atoms with Gasteiger partial charge in [-0.1, -0.05) is 18.2 Å². The van der Waals surface area contributed by atoms with Crippen LogP contribution in [0.1, 0.15) is 30.9 Å². The summed E-state index contributed by atoms with van der Waals surface area (Å²) >= 11 is 0. The summed E-state index contributed by atoms with van der Waals surface area (Å²) in [5.74, 6) is 0.319. The number of carbonyl (C=O) groups excluding carboxylic acids is 1. The molecule has 0 bridgehead atoms. The minimum absolute atomic E-state index is 0.0698. The third-order valence-electron chi connectivity index (χ3n) is 5.13. The normalized spacial score (nSPS) is 19.3. The monoisotopic (exact) mass is 370 g/mol. The Morgan fingerprint density at radius 1 is 1.15 bits per heavy atom. The molecule has 1 amide bonds. The van der Waals surface area contributed by atoms with E-state index in [0.717, 1.165) is 29.7 Å². The zero-order chi connectivity index (χ0) is 18.5. The van der Waals surface area contributed by atoms with Crippen molar-refractivity contribution in [2.75, 3.05) is 9.62 Å². The molecular formula is C20H22N2O3S. The SMILES string of the molecule is Cc1ccccc1NS(=O)(=O)c1ccc2c(c1)CC(C)N2C(=O)C1CC1. The van der Waals surface area contributed by atoms with Crippen molar-refractivity contribution in [1.29, 1.82) is 0 Å². The molecule has 2 aromatic rings. The van der Waals surface area contributed by atoms with E-state index in [9.17, 15) is 13.2 Å². The maximum Gasteiger partial charge on any atom is 0.261 e. The minimum Gasteiger partial charge on any atom is -0.309 e. The Hall–Kier alpha value is -2.34. The van der Waals surface area contributed by atoms with Crippen LogP contribution in [-0.2, 0) is 21.2 Å². The molecule has 1 fully saturated rings. The van der Waals surface area contributed by atoms with Gasteiger partial charge >= 0.3 is 0 Å². The van der Waals surface area contributed by atoms with E-state index in [0.29, 0.717) is 12.1 Å². The van der Waals surface area contributed by atoms with Gasteiger partial charge in [0.1, 0.15) is 0 Å². The number of para-hydroxylation sites is 1. The molecule has 2 aromatic carbocycles. The van der Waals surface area contributed by atoms with Gasteiger partial charge in [-0.05, 0) is 68.5 Å². The van der Waals surface area contributed by atoms with E-state index in [-0.39, 0.29) is 22.8 Å². The third-order valence-corrected chi connectivity index (χ3v) is 6.49. The number of sulfonamides is 1. The van der Waals surface area contributed by atoms with Crippen LogP contribution in [0.5, 0.6) is 0 Å². The Labute approximate surface area is 154 Å². The highest BCUT2D eigenvalue weighted by Crippen LogP contribution is 2.39. The number of benzene rings is 2. The molecule has 1 N–H and O–H groups in total. The molecule has 1 atom stereocenters. The number of nitrogens with zero attached hydrogens (tertiary/aromatic N) is 1. The van der Waals surface area contributed by atoms with Crippen molar-refractivity contribution in [3.05, 3.63) is 53.6 Å². The molecule has 0 radical (unpaired) electrons. The molecule has 0 saturated heterocycles. The molecule has 1 heterocycles. The van der Waals surface area contributed by atoms with E-state index >= 15 is 0 Å². The van der Waals surface area contributed by atoms with E-state index in [1.165, 1.54) is 0 Å². The van der Waals surface area contributed by atoms with Gasteiger partial charge in [0, 0.05) is 17.6 Å². The van der Waals surface area contributed by atoms with Gasteiger partial charge in [0.25, 0.3) is 10.0 Å². The second-order valence-corrected chi connectivity index (χ2v) is 8.93. The van der Waals surface area contributed by atoms with Gasteiger partial charge in [-0.25, -0.2) is 8.42 Å². The maximum atomic E-state index is 12.8. The maximum absolute atomic E-state index is 12.8. The van der Waals surface area contributed by atoms with Gasteiger partial charge in [0.2, 0.25) is 5.91 Å². The van der Waals surface area contributed by atoms with Crippen LogP contribution < -0.4 is 9.62 Å². The summed E-state index contributed by atoms with van der Waals surface area (Å²) in [7, 11) is -3.67. The molecule has 136 valence electrons. The van der Waals surface area contributed by atoms with Crippen LogP contribution in [0.3, 0.4) is 0 Å². The number of rotatable bonds is 4. The molecule has 6 heteroatoms. The number of hydrogen-bond donors (Lipinski definition) is 1. The molecular weight excluding hydrogens is 348 g/mol. The zero-order valence-corrected chi connectivity index (χ0v) is 15.7. The van der Waals surface area contributed by atoms with Gasteiger partial charge in [-0.15, -0.1) is 0 Å². The Kier molecular flexibility index (Phi) is 4.03. The molecule has 1 unspecified atom stereocenters. The van der Waals surface area contributed by atoms with E-state index in [4.69, 9.17) is 0 Å². The Bertz CT molecular complexity index is 980. The lowest BCUT2D eigenvalue weighted by molar-refractivity contribution is -0.120. The van der Waals surface area contributed by atoms with Gasteiger partial charge < -0.3 is 4.90 Å². The first-order valence-electron chi connectivity index (χ1n) is 8.91. The van der Waals surface area contributed by atoms with Gasteiger partial charge in [-0.2, -0.15) is 0 Å². The van der Waals surface area contributed by atoms with Crippen molar-refractivity contribution in [3.8, 4) is 0 Å². The Morgan fingerprint density at radius 3 is 2.58 bits per heavy atom. The van der Waals surface area contributed by atoms with E-state index < -0.39 is 10.0 Å². The predicted molar refractivity (Wildman–Crippen MR) is 102 cm³/mol. The third kappa shape index (κ3) is 2.98. The predicted octanol–water partition coefficient (Wildman–Crippen LogP) is 3.48. The fourth-order valence-electron chi connectivity index (χ4n) is 3.53. The number of hydrogen-bond acceptors (Lipinski definition) is 3. The Morgan fingerprint density at radius 2 is 1.88 bits per heavy atom. The molecule has 1 aliphatic carbocycles. The summed E-state index contributed by atoms with van der Waals surface area (Å²) in [5.41, 5.74) is 3.21. The number of carbonyl (C=O) groups is 1. The van der Waals surface area contributed by atoms with Crippen molar-refractivity contribution in [1.82, 2.24) is 0 Å². The van der Waals surface area contributed by atoms with Gasteiger partial charge in [0.15, 0.2) is 0 Å². The summed E-state index contributed by atoms with van der Waals surface area (Å²) in [6.45, 7) is 3.88. The average Bonchev–Trinajstić information content (AvgIpc) is 3.38. The molecule has 2 aliphatic rings. The van der Waals surface area contributed by atoms with Crippen molar-refractivity contribution < 1.29 is 13.2 Å². The lowest BCUT2D eigenvalue weighted by atomic mass is 10.1. The van der Waals surface area contributed by atoms with E-state index in [1.807, 2.05) is 30.9 Å². The highest BCUT2D eigenvalue weighted by atomic mass is 32.2. The van der Waals surface area contributed by atoms with Crippen LogP contribution in [0, 0.1) is 12.8 Å². The molecule has 26 heavy (non-hydrogen) atoms. The van der Waals surface area contributed by atoms with Crippen LogP contribution in [0.4, 0.5) is 11.4 Å². The van der Waals surface area contributed by atoms with Crippen molar-refractivity contribution in [2.24, 2.45) is 5.92 Å². The Balaban J connectivity index is 1.64. The van der Waals surface area contributed by atoms with Crippen LogP contribution in [0.2, 0.25) is 0 Å². The first kappa shape index (κ1) is 17.1. The second kappa shape index (κ2) is 6.13. The molecule has 1 aliphatic heterocycles. The van der Waals surface area contributed by atoms with Crippen LogP contribution in [0.25, 0.3) is 0 Å². The topological polar surface area (TPSA) is 66.5 Å². The quantitative estimate of drug-likeness (QED) is 0.896. The van der Waals surface area contributed by atoms with Crippen LogP contribution >= 0.6 is 0 Å². The number of anilines is 2.